The molecule has 0 saturated heterocycles. The Morgan fingerprint density at radius 1 is 1.38 bits per heavy atom. The van der Waals surface area contributed by atoms with Crippen LogP contribution in [0.4, 0.5) is 0 Å². The number of phenolic OH excluding ortho intramolecular Hbond substituents is 1. The van der Waals surface area contributed by atoms with Crippen LogP contribution < -0.4 is 4.74 Å². The molecule has 0 aliphatic carbocycles. The zero-order valence-electron chi connectivity index (χ0n) is 7.50. The quantitative estimate of drug-likeness (QED) is 0.756. The first-order valence-electron chi connectivity index (χ1n) is 3.97. The number of ether oxygens (including phenoxy) is 1. The molecule has 0 radical (unpaired) electrons. The van der Waals surface area contributed by atoms with Crippen molar-refractivity contribution in [3.05, 3.63) is 23.1 Å². The van der Waals surface area contributed by atoms with Gasteiger partial charge >= 0.3 is 0 Å². The summed E-state index contributed by atoms with van der Waals surface area (Å²) in [4.78, 5) is 0. The van der Waals surface area contributed by atoms with E-state index in [2.05, 4.69) is 0 Å². The molecular weight excluding hydrogens is 184 g/mol. The number of methoxy groups -OCH3 is 1. The van der Waals surface area contributed by atoms with Crippen LogP contribution >= 0.6 is 11.3 Å². The number of thiophene rings is 1. The standard InChI is InChI=1S/C10H10O2S/c1-6-5-13-10-8(6)3-7(12-2)4-9(10)11/h3-5,11H,1-2H3. The lowest BCUT2D eigenvalue weighted by Crippen LogP contribution is -1.81. The zero-order chi connectivity index (χ0) is 9.42. The fourth-order valence-electron chi connectivity index (χ4n) is 1.33. The van der Waals surface area contributed by atoms with Crippen LogP contribution in [0.25, 0.3) is 10.1 Å². The van der Waals surface area contributed by atoms with E-state index in [4.69, 9.17) is 4.74 Å². The highest BCUT2D eigenvalue weighted by Gasteiger charge is 2.06. The summed E-state index contributed by atoms with van der Waals surface area (Å²) in [6, 6.07) is 3.58. The predicted octanol–water partition coefficient (Wildman–Crippen LogP) is 2.92. The van der Waals surface area contributed by atoms with Gasteiger partial charge in [0.05, 0.1) is 11.8 Å². The van der Waals surface area contributed by atoms with Gasteiger partial charge < -0.3 is 9.84 Å². The summed E-state index contributed by atoms with van der Waals surface area (Å²) in [5.74, 6) is 0.999. The van der Waals surface area contributed by atoms with E-state index in [0.717, 1.165) is 10.1 Å². The molecule has 0 aliphatic rings. The summed E-state index contributed by atoms with van der Waals surface area (Å²) in [6.07, 6.45) is 0. The number of aromatic hydroxyl groups is 1. The topological polar surface area (TPSA) is 29.5 Å². The Bertz CT molecular complexity index is 445. The SMILES string of the molecule is COc1cc(O)c2scc(C)c2c1. The molecule has 68 valence electrons. The molecule has 2 rings (SSSR count). The molecule has 0 amide bonds. The molecule has 0 fully saturated rings. The Hall–Kier alpha value is -1.22. The Morgan fingerprint density at radius 2 is 2.15 bits per heavy atom. The van der Waals surface area contributed by atoms with Gasteiger partial charge in [0.2, 0.25) is 0 Å². The van der Waals surface area contributed by atoms with Gasteiger partial charge in [0, 0.05) is 11.5 Å². The van der Waals surface area contributed by atoms with E-state index in [1.54, 1.807) is 24.5 Å². The van der Waals surface area contributed by atoms with Crippen molar-refractivity contribution in [3.63, 3.8) is 0 Å². The fraction of sp³-hybridized carbons (Fsp3) is 0.200. The first-order chi connectivity index (χ1) is 6.22. The van der Waals surface area contributed by atoms with Gasteiger partial charge in [-0.3, -0.25) is 0 Å². The number of phenols is 1. The van der Waals surface area contributed by atoms with Gasteiger partial charge in [-0.2, -0.15) is 0 Å². The van der Waals surface area contributed by atoms with Gasteiger partial charge in [0.15, 0.2) is 0 Å². The fourth-order valence-corrected chi connectivity index (χ4v) is 2.28. The summed E-state index contributed by atoms with van der Waals surface area (Å²) < 4.78 is 6.00. The molecule has 0 aliphatic heterocycles. The highest BCUT2D eigenvalue weighted by atomic mass is 32.1. The third-order valence-electron chi connectivity index (χ3n) is 2.06. The molecular formula is C10H10O2S. The maximum atomic E-state index is 9.63. The minimum absolute atomic E-state index is 0.299. The zero-order valence-corrected chi connectivity index (χ0v) is 8.31. The number of fused-ring (bicyclic) bond motifs is 1. The minimum Gasteiger partial charge on any atom is -0.506 e. The number of benzene rings is 1. The number of hydrogen-bond acceptors (Lipinski definition) is 3. The highest BCUT2D eigenvalue weighted by molar-refractivity contribution is 7.17. The van der Waals surface area contributed by atoms with Crippen molar-refractivity contribution in [2.24, 2.45) is 0 Å². The van der Waals surface area contributed by atoms with Crippen molar-refractivity contribution < 1.29 is 9.84 Å². The van der Waals surface area contributed by atoms with Crippen LogP contribution in [-0.2, 0) is 0 Å². The first kappa shape index (κ1) is 8.38. The second kappa shape index (κ2) is 2.92. The van der Waals surface area contributed by atoms with Gasteiger partial charge in [-0.25, -0.2) is 0 Å². The van der Waals surface area contributed by atoms with Gasteiger partial charge in [0.1, 0.15) is 11.5 Å². The number of rotatable bonds is 1. The van der Waals surface area contributed by atoms with E-state index < -0.39 is 0 Å². The molecule has 0 unspecified atom stereocenters. The van der Waals surface area contributed by atoms with Crippen LogP contribution in [0.1, 0.15) is 5.56 Å². The second-order valence-electron chi connectivity index (χ2n) is 2.94. The van der Waals surface area contributed by atoms with Crippen LogP contribution in [0.2, 0.25) is 0 Å². The molecule has 1 heterocycles. The molecule has 1 aromatic heterocycles. The largest absolute Gasteiger partial charge is 0.506 e. The molecule has 2 nitrogen and oxygen atoms in total. The lowest BCUT2D eigenvalue weighted by molar-refractivity contribution is 0.409. The predicted molar refractivity (Wildman–Crippen MR) is 54.8 cm³/mol. The van der Waals surface area contributed by atoms with Crippen molar-refractivity contribution in [2.75, 3.05) is 7.11 Å². The Balaban J connectivity index is 2.80. The molecule has 2 aromatic rings. The average Bonchev–Trinajstić information content (AvgIpc) is 2.48. The highest BCUT2D eigenvalue weighted by Crippen LogP contribution is 2.36. The van der Waals surface area contributed by atoms with E-state index in [-0.39, 0.29) is 0 Å². The van der Waals surface area contributed by atoms with Crippen molar-refractivity contribution >= 4 is 21.4 Å². The van der Waals surface area contributed by atoms with Gasteiger partial charge in [-0.1, -0.05) is 0 Å². The summed E-state index contributed by atoms with van der Waals surface area (Å²) in [6.45, 7) is 2.03. The van der Waals surface area contributed by atoms with Crippen molar-refractivity contribution in [3.8, 4) is 11.5 Å². The van der Waals surface area contributed by atoms with Crippen LogP contribution in [0.15, 0.2) is 17.5 Å². The van der Waals surface area contributed by atoms with Gasteiger partial charge in [-0.15, -0.1) is 11.3 Å². The molecule has 1 aromatic carbocycles. The summed E-state index contributed by atoms with van der Waals surface area (Å²) in [7, 11) is 1.60. The van der Waals surface area contributed by atoms with Crippen LogP contribution in [-0.4, -0.2) is 12.2 Å². The van der Waals surface area contributed by atoms with Gasteiger partial charge in [0.25, 0.3) is 0 Å². The third-order valence-corrected chi connectivity index (χ3v) is 3.19. The summed E-state index contributed by atoms with van der Waals surface area (Å²) in [5, 5.41) is 12.7. The van der Waals surface area contributed by atoms with Crippen LogP contribution in [0.5, 0.6) is 11.5 Å². The van der Waals surface area contributed by atoms with Crippen molar-refractivity contribution in [1.29, 1.82) is 0 Å². The summed E-state index contributed by atoms with van der Waals surface area (Å²) >= 11 is 1.55. The maximum Gasteiger partial charge on any atom is 0.137 e. The van der Waals surface area contributed by atoms with Crippen molar-refractivity contribution in [1.82, 2.24) is 0 Å². The smallest absolute Gasteiger partial charge is 0.137 e. The molecule has 1 N–H and O–H groups in total. The molecule has 0 bridgehead atoms. The Labute approximate surface area is 80.4 Å². The Kier molecular flexibility index (Phi) is 1.88. The third kappa shape index (κ3) is 1.25. The van der Waals surface area contributed by atoms with E-state index in [1.807, 2.05) is 18.4 Å². The van der Waals surface area contributed by atoms with Crippen LogP contribution in [0.3, 0.4) is 0 Å². The van der Waals surface area contributed by atoms with E-state index in [0.29, 0.717) is 11.5 Å². The van der Waals surface area contributed by atoms with E-state index >= 15 is 0 Å². The molecule has 0 atom stereocenters. The monoisotopic (exact) mass is 194 g/mol. The average molecular weight is 194 g/mol. The van der Waals surface area contributed by atoms with E-state index in [9.17, 15) is 5.11 Å². The summed E-state index contributed by atoms with van der Waals surface area (Å²) in [5.41, 5.74) is 1.18. The Morgan fingerprint density at radius 3 is 2.85 bits per heavy atom. The molecule has 3 heteroatoms. The second-order valence-corrected chi connectivity index (χ2v) is 3.82. The van der Waals surface area contributed by atoms with Crippen molar-refractivity contribution in [2.45, 2.75) is 6.92 Å². The molecule has 0 spiro atoms. The lowest BCUT2D eigenvalue weighted by Gasteiger charge is -2.01. The normalized spacial score (nSPS) is 10.6. The molecule has 13 heavy (non-hydrogen) atoms. The van der Waals surface area contributed by atoms with Gasteiger partial charge in [-0.05, 0) is 23.9 Å². The minimum atomic E-state index is 0.299. The number of hydrogen-bond donors (Lipinski definition) is 1. The lowest BCUT2D eigenvalue weighted by atomic mass is 10.2. The van der Waals surface area contributed by atoms with Crippen LogP contribution in [0, 0.1) is 6.92 Å². The maximum absolute atomic E-state index is 9.63. The first-order valence-corrected chi connectivity index (χ1v) is 4.85. The van der Waals surface area contributed by atoms with E-state index in [1.165, 1.54) is 5.56 Å². The number of aryl methyl sites for hydroxylation is 1. The molecule has 0 saturated carbocycles.